The van der Waals surface area contributed by atoms with Gasteiger partial charge in [0.25, 0.3) is 0 Å². The van der Waals surface area contributed by atoms with Crippen LogP contribution in [0.1, 0.15) is 12.0 Å². The van der Waals surface area contributed by atoms with Gasteiger partial charge in [-0.3, -0.25) is 9.58 Å². The number of likely N-dealkylation sites (tertiary alicyclic amines) is 1. The first-order chi connectivity index (χ1) is 9.76. The van der Waals surface area contributed by atoms with Crippen molar-refractivity contribution >= 4 is 0 Å². The predicted octanol–water partition coefficient (Wildman–Crippen LogP) is 2.31. The van der Waals surface area contributed by atoms with Gasteiger partial charge in [-0.25, -0.2) is 0 Å². The molecule has 0 amide bonds. The van der Waals surface area contributed by atoms with Gasteiger partial charge in [-0.2, -0.15) is 5.10 Å². The van der Waals surface area contributed by atoms with Gasteiger partial charge in [0, 0.05) is 51.1 Å². The minimum atomic E-state index is 0.381. The van der Waals surface area contributed by atoms with Gasteiger partial charge in [0.15, 0.2) is 0 Å². The van der Waals surface area contributed by atoms with Gasteiger partial charge < -0.3 is 4.74 Å². The molecule has 106 valence electrons. The molecule has 2 aromatic rings. The van der Waals surface area contributed by atoms with E-state index in [0.717, 1.165) is 31.7 Å². The summed E-state index contributed by atoms with van der Waals surface area (Å²) >= 11 is 0. The highest BCUT2D eigenvalue weighted by Crippen LogP contribution is 2.24. The Labute approximate surface area is 120 Å². The van der Waals surface area contributed by atoms with Gasteiger partial charge in [0.05, 0.1) is 11.8 Å². The number of methoxy groups -OCH3 is 1. The van der Waals surface area contributed by atoms with E-state index in [1.807, 2.05) is 17.8 Å². The van der Waals surface area contributed by atoms with Gasteiger partial charge in [-0.05, 0) is 6.42 Å². The van der Waals surface area contributed by atoms with Gasteiger partial charge in [0.1, 0.15) is 0 Å². The lowest BCUT2D eigenvalue weighted by atomic mass is 10.1. The molecule has 0 aliphatic carbocycles. The van der Waals surface area contributed by atoms with Crippen LogP contribution in [0.4, 0.5) is 0 Å². The highest BCUT2D eigenvalue weighted by Gasteiger charge is 2.23. The minimum Gasteiger partial charge on any atom is -0.380 e. The van der Waals surface area contributed by atoms with Crippen molar-refractivity contribution in [2.75, 3.05) is 20.2 Å². The maximum absolute atomic E-state index is 5.44. The second-order valence-electron chi connectivity index (χ2n) is 5.42. The molecule has 1 aromatic carbocycles. The molecule has 4 nitrogen and oxygen atoms in total. The summed E-state index contributed by atoms with van der Waals surface area (Å²) in [5.74, 6) is 0. The predicted molar refractivity (Wildman–Crippen MR) is 79.3 cm³/mol. The molecule has 1 aliphatic heterocycles. The number of ether oxygens (including phenoxy) is 1. The Balaban J connectivity index is 1.80. The standard InChI is InChI=1S/C16H21N3O/c1-18-10-14(11-19-9-8-15(12-19)20-2)16(17-18)13-6-4-3-5-7-13/h3-7,10,15H,8-9,11-12H2,1-2H3. The molecule has 0 spiro atoms. The summed E-state index contributed by atoms with van der Waals surface area (Å²) in [6.45, 7) is 3.05. The summed E-state index contributed by atoms with van der Waals surface area (Å²) in [7, 11) is 3.78. The summed E-state index contributed by atoms with van der Waals surface area (Å²) in [6.07, 6.45) is 3.63. The zero-order chi connectivity index (χ0) is 13.9. The van der Waals surface area contributed by atoms with Crippen molar-refractivity contribution in [3.8, 4) is 11.3 Å². The van der Waals surface area contributed by atoms with E-state index in [1.165, 1.54) is 11.1 Å². The van der Waals surface area contributed by atoms with Crippen molar-refractivity contribution in [1.82, 2.24) is 14.7 Å². The number of nitrogens with zero attached hydrogens (tertiary/aromatic N) is 3. The second-order valence-corrected chi connectivity index (χ2v) is 5.42. The highest BCUT2D eigenvalue weighted by atomic mass is 16.5. The van der Waals surface area contributed by atoms with Crippen LogP contribution < -0.4 is 0 Å². The first-order valence-corrected chi connectivity index (χ1v) is 7.09. The molecule has 0 N–H and O–H groups in total. The van der Waals surface area contributed by atoms with Crippen molar-refractivity contribution in [2.24, 2.45) is 7.05 Å². The van der Waals surface area contributed by atoms with E-state index in [4.69, 9.17) is 4.74 Å². The van der Waals surface area contributed by atoms with Crippen molar-refractivity contribution in [2.45, 2.75) is 19.1 Å². The summed E-state index contributed by atoms with van der Waals surface area (Å²) in [5, 5.41) is 4.62. The summed E-state index contributed by atoms with van der Waals surface area (Å²) in [4.78, 5) is 2.44. The first kappa shape index (κ1) is 13.3. The Morgan fingerprint density at radius 2 is 2.10 bits per heavy atom. The van der Waals surface area contributed by atoms with Crippen LogP contribution in [0.3, 0.4) is 0 Å². The molecule has 3 rings (SSSR count). The minimum absolute atomic E-state index is 0.381. The van der Waals surface area contributed by atoms with Gasteiger partial charge in [-0.15, -0.1) is 0 Å². The Kier molecular flexibility index (Phi) is 3.85. The molecule has 0 radical (unpaired) electrons. The molecule has 2 heterocycles. The molecule has 0 bridgehead atoms. The SMILES string of the molecule is COC1CCN(Cc2cn(C)nc2-c2ccccc2)C1. The molecular formula is C16H21N3O. The molecule has 1 aliphatic rings. The van der Waals surface area contributed by atoms with Crippen molar-refractivity contribution in [3.63, 3.8) is 0 Å². The quantitative estimate of drug-likeness (QED) is 0.855. The van der Waals surface area contributed by atoms with Crippen molar-refractivity contribution in [1.29, 1.82) is 0 Å². The van der Waals surface area contributed by atoms with Crippen molar-refractivity contribution in [3.05, 3.63) is 42.1 Å². The van der Waals surface area contributed by atoms with E-state index < -0.39 is 0 Å². The zero-order valence-electron chi connectivity index (χ0n) is 12.1. The molecular weight excluding hydrogens is 250 g/mol. The van der Waals surface area contributed by atoms with Crippen LogP contribution in [0.2, 0.25) is 0 Å². The smallest absolute Gasteiger partial charge is 0.0968 e. The largest absolute Gasteiger partial charge is 0.380 e. The maximum Gasteiger partial charge on any atom is 0.0968 e. The molecule has 1 saturated heterocycles. The van der Waals surface area contributed by atoms with Crippen LogP contribution >= 0.6 is 0 Å². The molecule has 1 unspecified atom stereocenters. The number of aryl methyl sites for hydroxylation is 1. The number of rotatable bonds is 4. The van der Waals surface area contributed by atoms with Crippen molar-refractivity contribution < 1.29 is 4.74 Å². The Bertz CT molecular complexity index is 564. The lowest BCUT2D eigenvalue weighted by Crippen LogP contribution is -2.22. The van der Waals surface area contributed by atoms with E-state index in [2.05, 4.69) is 40.5 Å². The van der Waals surface area contributed by atoms with Crippen LogP contribution in [-0.4, -0.2) is 41.0 Å². The summed E-state index contributed by atoms with van der Waals surface area (Å²) < 4.78 is 7.34. The number of aromatic nitrogens is 2. The molecule has 1 fully saturated rings. The second kappa shape index (κ2) is 5.77. The van der Waals surface area contributed by atoms with Crippen LogP contribution in [0.15, 0.2) is 36.5 Å². The lowest BCUT2D eigenvalue weighted by Gasteiger charge is -2.15. The number of hydrogen-bond donors (Lipinski definition) is 0. The normalized spacial score (nSPS) is 19.6. The average Bonchev–Trinajstić information content (AvgIpc) is 3.07. The monoisotopic (exact) mass is 271 g/mol. The fraction of sp³-hybridized carbons (Fsp3) is 0.438. The van der Waals surface area contributed by atoms with Gasteiger partial charge >= 0.3 is 0 Å². The number of hydrogen-bond acceptors (Lipinski definition) is 3. The van der Waals surface area contributed by atoms with E-state index >= 15 is 0 Å². The van der Waals surface area contributed by atoms with Crippen LogP contribution in [0.25, 0.3) is 11.3 Å². The Morgan fingerprint density at radius 3 is 2.80 bits per heavy atom. The van der Waals surface area contributed by atoms with Crippen LogP contribution in [0, 0.1) is 0 Å². The first-order valence-electron chi connectivity index (χ1n) is 7.09. The van der Waals surface area contributed by atoms with E-state index in [-0.39, 0.29) is 0 Å². The van der Waals surface area contributed by atoms with Gasteiger partial charge in [-0.1, -0.05) is 30.3 Å². The average molecular weight is 271 g/mol. The number of benzene rings is 1. The molecule has 4 heteroatoms. The van der Waals surface area contributed by atoms with Crippen LogP contribution in [-0.2, 0) is 18.3 Å². The summed E-state index contributed by atoms with van der Waals surface area (Å²) in [5.41, 5.74) is 3.56. The third-order valence-electron chi connectivity index (χ3n) is 3.91. The molecule has 20 heavy (non-hydrogen) atoms. The lowest BCUT2D eigenvalue weighted by molar-refractivity contribution is 0.107. The molecule has 0 saturated carbocycles. The zero-order valence-corrected chi connectivity index (χ0v) is 12.1. The highest BCUT2D eigenvalue weighted by molar-refractivity contribution is 5.62. The van der Waals surface area contributed by atoms with E-state index in [1.54, 1.807) is 7.11 Å². The topological polar surface area (TPSA) is 30.3 Å². The fourth-order valence-corrected chi connectivity index (χ4v) is 2.87. The third-order valence-corrected chi connectivity index (χ3v) is 3.91. The summed E-state index contributed by atoms with van der Waals surface area (Å²) in [6, 6.07) is 10.4. The third kappa shape index (κ3) is 2.76. The van der Waals surface area contributed by atoms with E-state index in [0.29, 0.717) is 6.10 Å². The fourth-order valence-electron chi connectivity index (χ4n) is 2.87. The van der Waals surface area contributed by atoms with E-state index in [9.17, 15) is 0 Å². The maximum atomic E-state index is 5.44. The molecule has 1 aromatic heterocycles. The Morgan fingerprint density at radius 1 is 1.30 bits per heavy atom. The van der Waals surface area contributed by atoms with Gasteiger partial charge in [0.2, 0.25) is 0 Å². The van der Waals surface area contributed by atoms with Crippen LogP contribution in [0.5, 0.6) is 0 Å². The molecule has 1 atom stereocenters. The Hall–Kier alpha value is -1.65.